The molecule has 3 rings (SSSR count). The maximum Gasteiger partial charge on any atom is 0.135 e. The minimum atomic E-state index is -1.18. The molecule has 108 valence electrons. The first-order valence-corrected chi connectivity index (χ1v) is 6.77. The highest BCUT2D eigenvalue weighted by molar-refractivity contribution is 5.17. The van der Waals surface area contributed by atoms with Gasteiger partial charge in [-0.2, -0.15) is 0 Å². The van der Waals surface area contributed by atoms with Crippen LogP contribution in [0.3, 0.4) is 0 Å². The summed E-state index contributed by atoms with van der Waals surface area (Å²) >= 11 is 0. The van der Waals surface area contributed by atoms with Gasteiger partial charge in [-0.1, -0.05) is 0 Å². The van der Waals surface area contributed by atoms with Crippen molar-refractivity contribution in [1.82, 2.24) is 4.90 Å². The van der Waals surface area contributed by atoms with Gasteiger partial charge in [0, 0.05) is 19.0 Å². The summed E-state index contributed by atoms with van der Waals surface area (Å²) in [5, 5.41) is 21.6. The van der Waals surface area contributed by atoms with Gasteiger partial charge in [0.2, 0.25) is 0 Å². The molecule has 5 heteroatoms. The Hall–Kier alpha value is -1.56. The van der Waals surface area contributed by atoms with Gasteiger partial charge in [-0.15, -0.1) is 0 Å². The molecule has 0 aromatic carbocycles. The molecule has 0 radical (unpaired) electrons. The number of nitrogens with zero attached hydrogens (tertiary/aromatic N) is 1. The van der Waals surface area contributed by atoms with Crippen molar-refractivity contribution >= 4 is 0 Å². The first-order chi connectivity index (χ1) is 9.61. The topological polar surface area (TPSA) is 70.0 Å². The summed E-state index contributed by atoms with van der Waals surface area (Å²) in [6, 6.07) is 6.97. The average molecular weight is 277 g/mol. The molecule has 20 heavy (non-hydrogen) atoms. The van der Waals surface area contributed by atoms with Crippen molar-refractivity contribution < 1.29 is 19.0 Å². The maximum atomic E-state index is 11.1. The molecular formula is C15H19NO4. The normalized spacial score (nSPS) is 29.4. The minimum Gasteiger partial charge on any atom is -0.467 e. The number of hydrogen-bond acceptors (Lipinski definition) is 5. The number of furan rings is 2. The monoisotopic (exact) mass is 277 g/mol. The second-order valence-electron chi connectivity index (χ2n) is 5.48. The molecule has 1 aliphatic rings. The molecule has 0 aliphatic carbocycles. The lowest BCUT2D eigenvalue weighted by atomic mass is 9.75. The summed E-state index contributed by atoms with van der Waals surface area (Å²) in [7, 11) is 1.98. The molecule has 1 aliphatic heterocycles. The Morgan fingerprint density at radius 2 is 2.05 bits per heavy atom. The van der Waals surface area contributed by atoms with Gasteiger partial charge in [-0.3, -0.25) is 0 Å². The highest BCUT2D eigenvalue weighted by Crippen LogP contribution is 2.43. The lowest BCUT2D eigenvalue weighted by Gasteiger charge is -2.43. The van der Waals surface area contributed by atoms with Crippen LogP contribution in [-0.2, 0) is 5.60 Å². The van der Waals surface area contributed by atoms with E-state index in [1.165, 1.54) is 6.26 Å². The Morgan fingerprint density at radius 3 is 2.70 bits per heavy atom. The van der Waals surface area contributed by atoms with Gasteiger partial charge < -0.3 is 23.9 Å². The van der Waals surface area contributed by atoms with Crippen LogP contribution in [0.15, 0.2) is 45.6 Å². The van der Waals surface area contributed by atoms with Crippen molar-refractivity contribution in [2.45, 2.75) is 18.1 Å². The molecular weight excluding hydrogens is 258 g/mol. The number of rotatable bonds is 3. The first kappa shape index (κ1) is 13.4. The molecule has 0 bridgehead atoms. The molecule has 1 saturated heterocycles. The quantitative estimate of drug-likeness (QED) is 0.894. The fourth-order valence-corrected chi connectivity index (χ4v) is 2.97. The zero-order valence-corrected chi connectivity index (χ0v) is 11.4. The van der Waals surface area contributed by atoms with E-state index in [0.717, 1.165) is 6.54 Å². The first-order valence-electron chi connectivity index (χ1n) is 6.77. The summed E-state index contributed by atoms with van der Waals surface area (Å²) in [5.41, 5.74) is -1.18. The highest BCUT2D eigenvalue weighted by Gasteiger charge is 2.48. The van der Waals surface area contributed by atoms with Crippen molar-refractivity contribution in [2.75, 3.05) is 20.1 Å². The number of likely N-dealkylation sites (tertiary alicyclic amines) is 1. The van der Waals surface area contributed by atoms with Crippen LogP contribution in [0.5, 0.6) is 0 Å². The smallest absolute Gasteiger partial charge is 0.135 e. The predicted octanol–water partition coefficient (Wildman–Crippen LogP) is 1.75. The van der Waals surface area contributed by atoms with Gasteiger partial charge in [0.05, 0.1) is 12.5 Å². The van der Waals surface area contributed by atoms with Crippen molar-refractivity contribution in [3.63, 3.8) is 0 Å². The maximum absolute atomic E-state index is 11.1. The Labute approximate surface area is 117 Å². The molecule has 2 aromatic heterocycles. The molecule has 3 atom stereocenters. The Kier molecular flexibility index (Phi) is 3.41. The molecule has 2 N–H and O–H groups in total. The number of hydrogen-bond donors (Lipinski definition) is 2. The van der Waals surface area contributed by atoms with Gasteiger partial charge in [0.15, 0.2) is 0 Å². The summed E-state index contributed by atoms with van der Waals surface area (Å²) in [4.78, 5) is 2.09. The number of aliphatic hydroxyl groups is 2. The van der Waals surface area contributed by atoms with Gasteiger partial charge >= 0.3 is 0 Å². The van der Waals surface area contributed by atoms with E-state index in [2.05, 4.69) is 4.90 Å². The predicted molar refractivity (Wildman–Crippen MR) is 71.9 cm³/mol. The van der Waals surface area contributed by atoms with E-state index in [1.54, 1.807) is 30.5 Å². The number of aliphatic hydroxyl groups excluding tert-OH is 1. The van der Waals surface area contributed by atoms with E-state index < -0.39 is 17.6 Å². The van der Waals surface area contributed by atoms with Gasteiger partial charge in [-0.25, -0.2) is 0 Å². The second-order valence-corrected chi connectivity index (χ2v) is 5.48. The third-order valence-corrected chi connectivity index (χ3v) is 4.16. The fraction of sp³-hybridized carbons (Fsp3) is 0.467. The molecule has 3 heterocycles. The average Bonchev–Trinajstić information content (AvgIpc) is 3.13. The largest absolute Gasteiger partial charge is 0.467 e. The Morgan fingerprint density at radius 1 is 1.30 bits per heavy atom. The van der Waals surface area contributed by atoms with Crippen LogP contribution in [-0.4, -0.2) is 35.3 Å². The van der Waals surface area contributed by atoms with Crippen LogP contribution < -0.4 is 0 Å². The summed E-state index contributed by atoms with van der Waals surface area (Å²) < 4.78 is 10.7. The van der Waals surface area contributed by atoms with Crippen molar-refractivity contribution in [1.29, 1.82) is 0 Å². The summed E-state index contributed by atoms with van der Waals surface area (Å²) in [5.74, 6) is 0.565. The molecule has 1 fully saturated rings. The van der Waals surface area contributed by atoms with Crippen LogP contribution in [0.2, 0.25) is 0 Å². The van der Waals surface area contributed by atoms with Gasteiger partial charge in [0.1, 0.15) is 23.2 Å². The third-order valence-electron chi connectivity index (χ3n) is 4.16. The second kappa shape index (κ2) is 5.09. The van der Waals surface area contributed by atoms with Crippen LogP contribution in [0, 0.1) is 5.92 Å². The van der Waals surface area contributed by atoms with Crippen LogP contribution in [0.1, 0.15) is 24.0 Å². The van der Waals surface area contributed by atoms with E-state index in [4.69, 9.17) is 8.83 Å². The summed E-state index contributed by atoms with van der Waals surface area (Å²) in [6.45, 7) is 1.32. The van der Waals surface area contributed by atoms with Crippen molar-refractivity contribution in [2.24, 2.45) is 5.92 Å². The highest BCUT2D eigenvalue weighted by atomic mass is 16.4. The van der Waals surface area contributed by atoms with E-state index >= 15 is 0 Å². The molecule has 2 aromatic rings. The SMILES string of the molecule is CN1CC[C@](O)(c2ccco2)[C@H]([C@H](O)c2ccco2)C1. The number of piperidine rings is 1. The van der Waals surface area contributed by atoms with Crippen molar-refractivity contribution in [3.8, 4) is 0 Å². The lowest BCUT2D eigenvalue weighted by Crippen LogP contribution is -2.50. The molecule has 0 amide bonds. The fourth-order valence-electron chi connectivity index (χ4n) is 2.97. The summed E-state index contributed by atoms with van der Waals surface area (Å²) in [6.07, 6.45) is 2.71. The Bertz CT molecular complexity index is 536. The molecule has 0 unspecified atom stereocenters. The van der Waals surface area contributed by atoms with E-state index in [1.807, 2.05) is 7.05 Å². The van der Waals surface area contributed by atoms with Crippen molar-refractivity contribution in [3.05, 3.63) is 48.3 Å². The lowest BCUT2D eigenvalue weighted by molar-refractivity contribution is -0.133. The van der Waals surface area contributed by atoms with Crippen LogP contribution in [0.25, 0.3) is 0 Å². The molecule has 5 nitrogen and oxygen atoms in total. The molecule has 0 saturated carbocycles. The zero-order chi connectivity index (χ0) is 14.2. The molecule has 0 spiro atoms. The standard InChI is InChI=1S/C15H19NO4/c1-16-7-6-15(18,13-5-3-9-20-13)11(10-16)14(17)12-4-2-8-19-12/h2-5,8-9,11,14,17-18H,6-7,10H2,1H3/t11-,14-,15+/m0/s1. The van der Waals surface area contributed by atoms with Gasteiger partial charge in [0.25, 0.3) is 0 Å². The van der Waals surface area contributed by atoms with E-state index in [0.29, 0.717) is 24.5 Å². The van der Waals surface area contributed by atoms with Gasteiger partial charge in [-0.05, 0) is 37.7 Å². The Balaban J connectivity index is 1.95. The van der Waals surface area contributed by atoms with E-state index in [-0.39, 0.29) is 0 Å². The third kappa shape index (κ3) is 2.18. The van der Waals surface area contributed by atoms with Crippen LogP contribution >= 0.6 is 0 Å². The zero-order valence-electron chi connectivity index (χ0n) is 11.4. The van der Waals surface area contributed by atoms with E-state index in [9.17, 15) is 10.2 Å². The van der Waals surface area contributed by atoms with Crippen LogP contribution in [0.4, 0.5) is 0 Å². The minimum absolute atomic E-state index is 0.404.